The lowest BCUT2D eigenvalue weighted by atomic mass is 10.1. The molecule has 4 aromatic rings. The number of carbonyl (C=O) groups is 1. The van der Waals surface area contributed by atoms with Gasteiger partial charge in [0.2, 0.25) is 5.91 Å². The van der Waals surface area contributed by atoms with Crippen molar-refractivity contribution in [2.45, 2.75) is 29.2 Å². The number of benzene rings is 2. The smallest absolute Gasteiger partial charge is 0.238 e. The Morgan fingerprint density at radius 2 is 1.76 bits per heavy atom. The second-order valence-electron chi connectivity index (χ2n) is 7.00. The summed E-state index contributed by atoms with van der Waals surface area (Å²) in [5.41, 5.74) is 2.62. The molecule has 0 saturated heterocycles. The first-order valence-corrected chi connectivity index (χ1v) is 10.4. The van der Waals surface area contributed by atoms with Crippen LogP contribution in [-0.4, -0.2) is 31.7 Å². The van der Waals surface area contributed by atoms with Crippen LogP contribution in [0, 0.1) is 0 Å². The van der Waals surface area contributed by atoms with Crippen molar-refractivity contribution in [2.24, 2.45) is 0 Å². The van der Waals surface area contributed by atoms with Crippen molar-refractivity contribution in [3.05, 3.63) is 78.8 Å². The minimum Gasteiger partial charge on any atom is -0.352 e. The normalized spacial score (nSPS) is 14.6. The molecule has 0 spiro atoms. The summed E-state index contributed by atoms with van der Waals surface area (Å²) in [6.45, 7) is 0. The molecule has 7 heteroatoms. The highest BCUT2D eigenvalue weighted by Crippen LogP contribution is 2.38. The van der Waals surface area contributed by atoms with E-state index in [0.717, 1.165) is 40.2 Å². The molecule has 144 valence electrons. The van der Waals surface area contributed by atoms with Gasteiger partial charge in [0, 0.05) is 6.04 Å². The number of para-hydroxylation sites is 1. The number of rotatable bonds is 6. The lowest BCUT2D eigenvalue weighted by Crippen LogP contribution is -2.29. The van der Waals surface area contributed by atoms with Gasteiger partial charge in [0.15, 0.2) is 5.65 Å². The Labute approximate surface area is 172 Å². The van der Waals surface area contributed by atoms with Crippen molar-refractivity contribution in [2.75, 3.05) is 0 Å². The molecule has 1 saturated carbocycles. The molecule has 2 aromatic carbocycles. The Balaban J connectivity index is 1.52. The van der Waals surface area contributed by atoms with Crippen molar-refractivity contribution >= 4 is 28.7 Å². The molecule has 0 aliphatic heterocycles. The van der Waals surface area contributed by atoms with E-state index in [4.69, 9.17) is 0 Å². The SMILES string of the molecule is O=C(NC1CC1)[C@@H](Sc1ncnc2c1cnn2-c1ccccc1)c1ccccc1. The van der Waals surface area contributed by atoms with Crippen molar-refractivity contribution in [3.63, 3.8) is 0 Å². The molecule has 0 bridgehead atoms. The maximum atomic E-state index is 13.0. The summed E-state index contributed by atoms with van der Waals surface area (Å²) < 4.78 is 1.79. The minimum atomic E-state index is -0.380. The molecule has 1 N–H and O–H groups in total. The molecule has 6 nitrogen and oxygen atoms in total. The lowest BCUT2D eigenvalue weighted by molar-refractivity contribution is -0.120. The van der Waals surface area contributed by atoms with Gasteiger partial charge in [0.25, 0.3) is 0 Å². The number of carbonyl (C=O) groups excluding carboxylic acids is 1. The highest BCUT2D eigenvalue weighted by atomic mass is 32.2. The summed E-state index contributed by atoms with van der Waals surface area (Å²) in [6, 6.07) is 20.0. The van der Waals surface area contributed by atoms with Crippen molar-refractivity contribution < 1.29 is 4.79 Å². The van der Waals surface area contributed by atoms with Gasteiger partial charge in [-0.05, 0) is 30.5 Å². The van der Waals surface area contributed by atoms with E-state index < -0.39 is 0 Å². The third-order valence-electron chi connectivity index (χ3n) is 4.82. The van der Waals surface area contributed by atoms with Gasteiger partial charge in [0.05, 0.1) is 17.3 Å². The summed E-state index contributed by atoms with van der Waals surface area (Å²) in [4.78, 5) is 21.9. The monoisotopic (exact) mass is 401 g/mol. The summed E-state index contributed by atoms with van der Waals surface area (Å²) in [5.74, 6) is 0.0194. The standard InChI is InChI=1S/C22H19N5OS/c28-21(26-16-11-12-16)19(15-7-3-1-4-8-15)29-22-18-13-25-27(20(18)23-14-24-22)17-9-5-2-6-10-17/h1-10,13-14,16,19H,11-12H2,(H,26,28)/t19-/m0/s1. The zero-order valence-electron chi connectivity index (χ0n) is 15.6. The molecular weight excluding hydrogens is 382 g/mol. The fourth-order valence-electron chi connectivity index (χ4n) is 3.19. The highest BCUT2D eigenvalue weighted by molar-refractivity contribution is 8.00. The maximum Gasteiger partial charge on any atom is 0.238 e. The number of fused-ring (bicyclic) bond motifs is 1. The molecule has 1 amide bonds. The van der Waals surface area contributed by atoms with E-state index in [1.807, 2.05) is 60.7 Å². The number of nitrogens with zero attached hydrogens (tertiary/aromatic N) is 4. The van der Waals surface area contributed by atoms with E-state index in [0.29, 0.717) is 6.04 Å². The molecule has 5 rings (SSSR count). The van der Waals surface area contributed by atoms with Crippen LogP contribution in [0.5, 0.6) is 0 Å². The van der Waals surface area contributed by atoms with Crippen LogP contribution in [-0.2, 0) is 4.79 Å². The quantitative estimate of drug-likeness (QED) is 0.391. The summed E-state index contributed by atoms with van der Waals surface area (Å²) in [5, 5.41) is 8.84. The maximum absolute atomic E-state index is 13.0. The predicted octanol–water partition coefficient (Wildman–Crippen LogP) is 3.93. The van der Waals surface area contributed by atoms with Crippen LogP contribution in [0.25, 0.3) is 16.7 Å². The first kappa shape index (κ1) is 17.9. The van der Waals surface area contributed by atoms with Crippen molar-refractivity contribution in [3.8, 4) is 5.69 Å². The van der Waals surface area contributed by atoms with E-state index in [1.54, 1.807) is 10.9 Å². The van der Waals surface area contributed by atoms with E-state index in [-0.39, 0.29) is 11.2 Å². The summed E-state index contributed by atoms with van der Waals surface area (Å²) >= 11 is 1.44. The van der Waals surface area contributed by atoms with Gasteiger partial charge in [-0.25, -0.2) is 14.6 Å². The third kappa shape index (κ3) is 3.73. The van der Waals surface area contributed by atoms with Crippen LogP contribution in [0.1, 0.15) is 23.7 Å². The van der Waals surface area contributed by atoms with Crippen molar-refractivity contribution in [1.29, 1.82) is 0 Å². The number of hydrogen-bond acceptors (Lipinski definition) is 5. The summed E-state index contributed by atoms with van der Waals surface area (Å²) in [7, 11) is 0. The Hall–Kier alpha value is -3.19. The van der Waals surface area contributed by atoms with Crippen molar-refractivity contribution in [1.82, 2.24) is 25.1 Å². The molecule has 29 heavy (non-hydrogen) atoms. The molecule has 1 aliphatic rings. The van der Waals surface area contributed by atoms with E-state index in [9.17, 15) is 4.79 Å². The molecule has 0 radical (unpaired) electrons. The number of amides is 1. The Bertz CT molecular complexity index is 1140. The zero-order chi connectivity index (χ0) is 19.6. The third-order valence-corrected chi connectivity index (χ3v) is 6.09. The molecule has 0 unspecified atom stereocenters. The number of nitrogens with one attached hydrogen (secondary N) is 1. The summed E-state index contributed by atoms with van der Waals surface area (Å²) in [6.07, 6.45) is 5.41. The van der Waals surface area contributed by atoms with Gasteiger partial charge >= 0.3 is 0 Å². The number of hydrogen-bond donors (Lipinski definition) is 1. The van der Waals surface area contributed by atoms with Gasteiger partial charge in [0.1, 0.15) is 16.6 Å². The highest BCUT2D eigenvalue weighted by Gasteiger charge is 2.30. The first-order chi connectivity index (χ1) is 14.3. The largest absolute Gasteiger partial charge is 0.352 e. The van der Waals surface area contributed by atoms with Gasteiger partial charge in [-0.1, -0.05) is 60.3 Å². The average Bonchev–Trinajstić information content (AvgIpc) is 3.47. The Morgan fingerprint density at radius 1 is 1.03 bits per heavy atom. The fraction of sp³-hybridized carbons (Fsp3) is 0.182. The number of thioether (sulfide) groups is 1. The molecule has 1 atom stereocenters. The van der Waals surface area contributed by atoms with E-state index >= 15 is 0 Å². The average molecular weight is 401 g/mol. The Kier molecular flexibility index (Phi) is 4.73. The molecule has 2 heterocycles. The van der Waals surface area contributed by atoms with Crippen LogP contribution >= 0.6 is 11.8 Å². The topological polar surface area (TPSA) is 72.7 Å². The predicted molar refractivity (Wildman–Crippen MR) is 113 cm³/mol. The van der Waals surface area contributed by atoms with Gasteiger partial charge in [-0.15, -0.1) is 0 Å². The van der Waals surface area contributed by atoms with Crippen LogP contribution in [0.3, 0.4) is 0 Å². The van der Waals surface area contributed by atoms with Gasteiger partial charge in [-0.2, -0.15) is 5.10 Å². The Morgan fingerprint density at radius 3 is 2.48 bits per heavy atom. The minimum absolute atomic E-state index is 0.0194. The van der Waals surface area contributed by atoms with Crippen LogP contribution < -0.4 is 5.32 Å². The van der Waals surface area contributed by atoms with Gasteiger partial charge in [-0.3, -0.25) is 4.79 Å². The fourth-order valence-corrected chi connectivity index (χ4v) is 4.26. The molecule has 1 aliphatic carbocycles. The lowest BCUT2D eigenvalue weighted by Gasteiger charge is -2.16. The second kappa shape index (κ2) is 7.67. The van der Waals surface area contributed by atoms with Gasteiger partial charge < -0.3 is 5.32 Å². The van der Waals surface area contributed by atoms with Crippen LogP contribution in [0.4, 0.5) is 0 Å². The molecular formula is C22H19N5OS. The van der Waals surface area contributed by atoms with Crippen LogP contribution in [0.15, 0.2) is 78.2 Å². The number of aromatic nitrogens is 4. The van der Waals surface area contributed by atoms with E-state index in [2.05, 4.69) is 20.4 Å². The second-order valence-corrected chi connectivity index (χ2v) is 8.09. The molecule has 1 fully saturated rings. The zero-order valence-corrected chi connectivity index (χ0v) is 16.4. The molecule has 2 aromatic heterocycles. The van der Waals surface area contributed by atoms with Crippen LogP contribution in [0.2, 0.25) is 0 Å². The van der Waals surface area contributed by atoms with E-state index in [1.165, 1.54) is 18.1 Å². The first-order valence-electron chi connectivity index (χ1n) is 9.56.